The molecule has 1 atom stereocenters. The Morgan fingerprint density at radius 1 is 1.15 bits per heavy atom. The molecule has 114 valence electrons. The molecule has 5 nitrogen and oxygen atoms in total. The Hall–Kier alpha value is -1.26. The molecule has 2 aliphatic heterocycles. The fraction of sp³-hybridized carbons (Fsp3) is 0.867. The van der Waals surface area contributed by atoms with Crippen LogP contribution in [0.5, 0.6) is 0 Å². The zero-order valence-corrected chi connectivity index (χ0v) is 12.6. The summed E-state index contributed by atoms with van der Waals surface area (Å²) in [6.45, 7) is 6.57. The molecule has 2 amide bonds. The summed E-state index contributed by atoms with van der Waals surface area (Å²) in [5.41, 5.74) is 0.383. The number of rotatable bonds is 3. The van der Waals surface area contributed by atoms with Crippen molar-refractivity contribution in [2.24, 2.45) is 5.41 Å². The van der Waals surface area contributed by atoms with Gasteiger partial charge in [0.15, 0.2) is 0 Å². The van der Waals surface area contributed by atoms with Crippen molar-refractivity contribution in [2.45, 2.75) is 58.4 Å². The number of nitrogens with zero attached hydrogens (tertiary/aromatic N) is 2. The van der Waals surface area contributed by atoms with Gasteiger partial charge < -0.3 is 14.9 Å². The average molecular weight is 282 g/mol. The van der Waals surface area contributed by atoms with Crippen molar-refractivity contribution in [3.8, 4) is 0 Å². The van der Waals surface area contributed by atoms with Crippen LogP contribution < -0.4 is 0 Å². The third kappa shape index (κ3) is 2.76. The Bertz CT molecular complexity index is 369. The van der Waals surface area contributed by atoms with Crippen LogP contribution in [0.3, 0.4) is 0 Å². The van der Waals surface area contributed by atoms with Gasteiger partial charge in [-0.1, -0.05) is 26.7 Å². The highest BCUT2D eigenvalue weighted by Gasteiger charge is 2.39. The van der Waals surface area contributed by atoms with Crippen molar-refractivity contribution < 1.29 is 14.7 Å². The van der Waals surface area contributed by atoms with Gasteiger partial charge in [-0.05, 0) is 31.1 Å². The minimum Gasteiger partial charge on any atom is -0.480 e. The molecule has 0 unspecified atom stereocenters. The monoisotopic (exact) mass is 282 g/mol. The average Bonchev–Trinajstić information content (AvgIpc) is 2.96. The van der Waals surface area contributed by atoms with Gasteiger partial charge in [0.05, 0.1) is 0 Å². The number of amides is 2. The summed E-state index contributed by atoms with van der Waals surface area (Å²) in [5, 5.41) is 9.18. The van der Waals surface area contributed by atoms with Crippen LogP contribution in [-0.4, -0.2) is 52.6 Å². The maximum Gasteiger partial charge on any atom is 0.326 e. The number of piperidine rings is 1. The van der Waals surface area contributed by atoms with E-state index in [1.165, 1.54) is 0 Å². The van der Waals surface area contributed by atoms with Gasteiger partial charge in [-0.2, -0.15) is 0 Å². The highest BCUT2D eigenvalue weighted by Crippen LogP contribution is 2.38. The molecule has 2 heterocycles. The van der Waals surface area contributed by atoms with E-state index in [0.717, 1.165) is 45.2 Å². The van der Waals surface area contributed by atoms with Crippen LogP contribution in [-0.2, 0) is 4.79 Å². The first kappa shape index (κ1) is 15.1. The maximum atomic E-state index is 12.5. The molecule has 0 saturated carbocycles. The summed E-state index contributed by atoms with van der Waals surface area (Å²) < 4.78 is 0. The number of hydrogen-bond acceptors (Lipinski definition) is 2. The summed E-state index contributed by atoms with van der Waals surface area (Å²) in [4.78, 5) is 27.1. The van der Waals surface area contributed by atoms with E-state index < -0.39 is 12.0 Å². The molecule has 0 bridgehead atoms. The largest absolute Gasteiger partial charge is 0.480 e. The van der Waals surface area contributed by atoms with Gasteiger partial charge in [-0.15, -0.1) is 0 Å². The lowest BCUT2D eigenvalue weighted by atomic mass is 9.74. The molecular weight excluding hydrogens is 256 g/mol. The van der Waals surface area contributed by atoms with Crippen LogP contribution in [0, 0.1) is 5.41 Å². The van der Waals surface area contributed by atoms with Crippen molar-refractivity contribution in [3.63, 3.8) is 0 Å². The Kier molecular flexibility index (Phi) is 4.55. The van der Waals surface area contributed by atoms with Crippen LogP contribution in [0.25, 0.3) is 0 Å². The highest BCUT2D eigenvalue weighted by atomic mass is 16.4. The van der Waals surface area contributed by atoms with Gasteiger partial charge in [0, 0.05) is 19.6 Å². The molecule has 0 aromatic heterocycles. The number of carboxylic acids is 1. The normalized spacial score (nSPS) is 25.8. The van der Waals surface area contributed by atoms with Crippen molar-refractivity contribution >= 4 is 12.0 Å². The summed E-state index contributed by atoms with van der Waals surface area (Å²) in [5.74, 6) is -0.871. The molecule has 2 saturated heterocycles. The van der Waals surface area contributed by atoms with Gasteiger partial charge >= 0.3 is 12.0 Å². The van der Waals surface area contributed by atoms with Crippen molar-refractivity contribution in [2.75, 3.05) is 19.6 Å². The fourth-order valence-corrected chi connectivity index (χ4v) is 3.56. The predicted molar refractivity (Wildman–Crippen MR) is 76.6 cm³/mol. The molecule has 0 aliphatic carbocycles. The molecular formula is C15H26N2O3. The van der Waals surface area contributed by atoms with Gasteiger partial charge in [0.2, 0.25) is 0 Å². The molecule has 2 fully saturated rings. The van der Waals surface area contributed by atoms with E-state index in [0.29, 0.717) is 18.4 Å². The van der Waals surface area contributed by atoms with Gasteiger partial charge in [-0.3, -0.25) is 0 Å². The first-order valence-electron chi connectivity index (χ1n) is 7.81. The van der Waals surface area contributed by atoms with Crippen LogP contribution >= 0.6 is 0 Å². The Balaban J connectivity index is 1.96. The molecule has 2 aliphatic rings. The van der Waals surface area contributed by atoms with Gasteiger partial charge in [0.1, 0.15) is 6.04 Å². The summed E-state index contributed by atoms with van der Waals surface area (Å²) >= 11 is 0. The van der Waals surface area contributed by atoms with E-state index in [2.05, 4.69) is 13.8 Å². The second-order valence-electron chi connectivity index (χ2n) is 6.17. The number of likely N-dealkylation sites (tertiary alicyclic amines) is 2. The van der Waals surface area contributed by atoms with Crippen LogP contribution in [0.15, 0.2) is 0 Å². The van der Waals surface area contributed by atoms with E-state index in [4.69, 9.17) is 0 Å². The SMILES string of the molecule is CCC1(CC)CCN(C(=O)N2CCC[C@@H]2C(=O)O)CC1. The van der Waals surface area contributed by atoms with Crippen LogP contribution in [0.1, 0.15) is 52.4 Å². The standard InChI is InChI=1S/C15H26N2O3/c1-3-15(4-2)7-10-16(11-8-15)14(20)17-9-5-6-12(17)13(18)19/h12H,3-11H2,1-2H3,(H,18,19)/t12-/m1/s1. The van der Waals surface area contributed by atoms with E-state index in [1.54, 1.807) is 4.90 Å². The lowest BCUT2D eigenvalue weighted by Crippen LogP contribution is -2.51. The molecule has 20 heavy (non-hydrogen) atoms. The minimum atomic E-state index is -0.871. The molecule has 0 spiro atoms. The fourth-order valence-electron chi connectivity index (χ4n) is 3.56. The topological polar surface area (TPSA) is 60.9 Å². The van der Waals surface area contributed by atoms with Crippen LogP contribution in [0.2, 0.25) is 0 Å². The molecule has 2 rings (SSSR count). The third-order valence-corrected chi connectivity index (χ3v) is 5.38. The quantitative estimate of drug-likeness (QED) is 0.865. The Labute approximate surface area is 120 Å². The molecule has 0 aromatic carbocycles. The number of carbonyl (C=O) groups excluding carboxylic acids is 1. The molecule has 0 radical (unpaired) electrons. The Morgan fingerprint density at radius 3 is 2.25 bits per heavy atom. The lowest BCUT2D eigenvalue weighted by molar-refractivity contribution is -0.141. The Morgan fingerprint density at radius 2 is 1.75 bits per heavy atom. The van der Waals surface area contributed by atoms with E-state index in [-0.39, 0.29) is 6.03 Å². The first-order chi connectivity index (χ1) is 9.53. The van der Waals surface area contributed by atoms with Crippen molar-refractivity contribution in [1.82, 2.24) is 9.80 Å². The summed E-state index contributed by atoms with van der Waals surface area (Å²) in [6.07, 6.45) is 5.78. The number of urea groups is 1. The zero-order chi connectivity index (χ0) is 14.8. The lowest BCUT2D eigenvalue weighted by Gasteiger charge is -2.42. The van der Waals surface area contributed by atoms with E-state index >= 15 is 0 Å². The van der Waals surface area contributed by atoms with E-state index in [9.17, 15) is 14.7 Å². The molecule has 0 aromatic rings. The van der Waals surface area contributed by atoms with E-state index in [1.807, 2.05) is 4.90 Å². The summed E-state index contributed by atoms with van der Waals surface area (Å²) in [6, 6.07) is -0.692. The smallest absolute Gasteiger partial charge is 0.326 e. The molecule has 1 N–H and O–H groups in total. The number of carbonyl (C=O) groups is 2. The third-order valence-electron chi connectivity index (χ3n) is 5.38. The van der Waals surface area contributed by atoms with Crippen LogP contribution in [0.4, 0.5) is 4.79 Å². The first-order valence-corrected chi connectivity index (χ1v) is 7.81. The predicted octanol–water partition coefficient (Wildman–Crippen LogP) is 2.56. The summed E-state index contributed by atoms with van der Waals surface area (Å²) in [7, 11) is 0. The minimum absolute atomic E-state index is 0.0734. The number of carboxylic acid groups (broad SMARTS) is 1. The van der Waals surface area contributed by atoms with Gasteiger partial charge in [-0.25, -0.2) is 9.59 Å². The van der Waals surface area contributed by atoms with Gasteiger partial charge in [0.25, 0.3) is 0 Å². The maximum absolute atomic E-state index is 12.5. The number of hydrogen-bond donors (Lipinski definition) is 1. The van der Waals surface area contributed by atoms with Crippen molar-refractivity contribution in [1.29, 1.82) is 0 Å². The number of aliphatic carboxylic acids is 1. The zero-order valence-electron chi connectivity index (χ0n) is 12.6. The second-order valence-corrected chi connectivity index (χ2v) is 6.17. The second kappa shape index (κ2) is 6.02. The highest BCUT2D eigenvalue weighted by molar-refractivity contribution is 5.83. The molecule has 5 heteroatoms. The van der Waals surface area contributed by atoms with Crippen molar-refractivity contribution in [3.05, 3.63) is 0 Å².